The van der Waals surface area contributed by atoms with E-state index in [1.165, 1.54) is 5.56 Å². The molecule has 0 atom stereocenters. The number of hydrogen-bond acceptors (Lipinski definition) is 3. The summed E-state index contributed by atoms with van der Waals surface area (Å²) in [5.41, 5.74) is 5.47. The number of rotatable bonds is 3. The van der Waals surface area contributed by atoms with Crippen LogP contribution in [0.25, 0.3) is 11.0 Å². The molecule has 1 aromatic heterocycles. The summed E-state index contributed by atoms with van der Waals surface area (Å²) >= 11 is 0. The van der Waals surface area contributed by atoms with Gasteiger partial charge >= 0.3 is 5.91 Å². The number of hydrogen-bond donors (Lipinski definition) is 1. The zero-order chi connectivity index (χ0) is 17.2. The Morgan fingerprint density at radius 1 is 1.08 bits per heavy atom. The minimum atomic E-state index is -0.367. The molecule has 122 valence electrons. The van der Waals surface area contributed by atoms with E-state index in [4.69, 9.17) is 4.42 Å². The number of fused-ring (bicyclic) bond motifs is 1. The Hall–Kier alpha value is -2.88. The van der Waals surface area contributed by atoms with Crippen LogP contribution in [0.4, 0.5) is 0 Å². The molecule has 0 aliphatic carbocycles. The van der Waals surface area contributed by atoms with E-state index >= 15 is 0 Å². The molecule has 0 unspecified atom stereocenters. The summed E-state index contributed by atoms with van der Waals surface area (Å²) in [6.45, 7) is 6.51. The van der Waals surface area contributed by atoms with Crippen LogP contribution in [0.5, 0.6) is 0 Å². The second-order valence-electron chi connectivity index (χ2n) is 6.72. The van der Waals surface area contributed by atoms with Crippen molar-refractivity contribution in [2.75, 3.05) is 0 Å². The third-order valence-corrected chi connectivity index (χ3v) is 3.81. The first-order valence-electron chi connectivity index (χ1n) is 7.86. The lowest BCUT2D eigenvalue weighted by Crippen LogP contribution is -2.16. The molecule has 4 nitrogen and oxygen atoms in total. The Labute approximate surface area is 141 Å². The van der Waals surface area contributed by atoms with E-state index in [0.29, 0.717) is 5.58 Å². The number of nitrogens with zero attached hydrogens (tertiary/aromatic N) is 1. The lowest BCUT2D eigenvalue weighted by atomic mass is 9.87. The van der Waals surface area contributed by atoms with E-state index in [-0.39, 0.29) is 17.1 Å². The van der Waals surface area contributed by atoms with Crippen molar-refractivity contribution in [3.63, 3.8) is 0 Å². The number of amides is 1. The van der Waals surface area contributed by atoms with Gasteiger partial charge in [0, 0.05) is 5.39 Å². The van der Waals surface area contributed by atoms with Gasteiger partial charge < -0.3 is 4.42 Å². The smallest absolute Gasteiger partial charge is 0.307 e. The average molecular weight is 320 g/mol. The molecule has 0 saturated carbocycles. The van der Waals surface area contributed by atoms with Crippen LogP contribution < -0.4 is 5.43 Å². The minimum Gasteiger partial charge on any atom is -0.451 e. The monoisotopic (exact) mass is 320 g/mol. The summed E-state index contributed by atoms with van der Waals surface area (Å²) in [6.07, 6.45) is 1.62. The zero-order valence-corrected chi connectivity index (χ0v) is 14.0. The molecule has 1 heterocycles. The van der Waals surface area contributed by atoms with E-state index in [2.05, 4.69) is 43.4 Å². The van der Waals surface area contributed by atoms with Crippen molar-refractivity contribution in [2.24, 2.45) is 5.10 Å². The van der Waals surface area contributed by atoms with Gasteiger partial charge in [-0.05, 0) is 28.7 Å². The lowest BCUT2D eigenvalue weighted by molar-refractivity contribution is 0.0929. The lowest BCUT2D eigenvalue weighted by Gasteiger charge is -2.18. The van der Waals surface area contributed by atoms with Crippen LogP contribution in [0, 0.1) is 0 Å². The van der Waals surface area contributed by atoms with Gasteiger partial charge in [0.05, 0.1) is 6.21 Å². The van der Waals surface area contributed by atoms with Crippen molar-refractivity contribution in [3.8, 4) is 0 Å². The van der Waals surface area contributed by atoms with E-state index in [9.17, 15) is 4.79 Å². The van der Waals surface area contributed by atoms with Gasteiger partial charge in [0.25, 0.3) is 0 Å². The first-order valence-corrected chi connectivity index (χ1v) is 7.86. The molecular weight excluding hydrogens is 300 g/mol. The van der Waals surface area contributed by atoms with Crippen LogP contribution in [0.3, 0.4) is 0 Å². The number of carbonyl (C=O) groups is 1. The molecule has 2 aromatic carbocycles. The second kappa shape index (κ2) is 6.32. The highest BCUT2D eigenvalue weighted by molar-refractivity contribution is 5.96. The number of nitrogens with one attached hydrogen (secondary N) is 1. The highest BCUT2D eigenvalue weighted by Gasteiger charge is 2.13. The Morgan fingerprint density at radius 3 is 2.46 bits per heavy atom. The normalized spacial score (nSPS) is 12.0. The predicted octanol–water partition coefficient (Wildman–Crippen LogP) is 4.49. The third kappa shape index (κ3) is 3.54. The molecular formula is C20H20N2O2. The summed E-state index contributed by atoms with van der Waals surface area (Å²) in [7, 11) is 0. The summed E-state index contributed by atoms with van der Waals surface area (Å²) in [6, 6.07) is 17.3. The second-order valence-corrected chi connectivity index (χ2v) is 6.72. The van der Waals surface area contributed by atoms with Crippen LogP contribution in [-0.2, 0) is 5.41 Å². The standard InChI is InChI=1S/C20H20N2O2/c1-20(2,3)16-10-8-14(9-11-16)13-21-22-19(23)18-12-15-6-4-5-7-17(15)24-18/h4-13H,1-3H3,(H,22,23)/b21-13+. The number of hydrazone groups is 1. The molecule has 0 fully saturated rings. The van der Waals surface area contributed by atoms with Gasteiger partial charge in [0.15, 0.2) is 5.76 Å². The summed E-state index contributed by atoms with van der Waals surface area (Å²) in [4.78, 5) is 12.1. The molecule has 0 aliphatic rings. The van der Waals surface area contributed by atoms with E-state index in [1.54, 1.807) is 12.3 Å². The molecule has 1 amide bonds. The number of furan rings is 1. The van der Waals surface area contributed by atoms with Gasteiger partial charge in [0.2, 0.25) is 0 Å². The van der Waals surface area contributed by atoms with Crippen molar-refractivity contribution in [3.05, 3.63) is 71.5 Å². The fourth-order valence-electron chi connectivity index (χ4n) is 2.38. The van der Waals surface area contributed by atoms with Crippen LogP contribution in [0.2, 0.25) is 0 Å². The van der Waals surface area contributed by atoms with E-state index in [1.807, 2.05) is 36.4 Å². The Morgan fingerprint density at radius 2 is 1.79 bits per heavy atom. The topological polar surface area (TPSA) is 54.6 Å². The molecule has 0 saturated heterocycles. The Balaban J connectivity index is 1.66. The van der Waals surface area contributed by atoms with Crippen LogP contribution in [-0.4, -0.2) is 12.1 Å². The maximum Gasteiger partial charge on any atom is 0.307 e. The molecule has 0 bridgehead atoms. The fourth-order valence-corrected chi connectivity index (χ4v) is 2.38. The zero-order valence-electron chi connectivity index (χ0n) is 14.0. The molecule has 24 heavy (non-hydrogen) atoms. The Bertz CT molecular complexity index is 851. The van der Waals surface area contributed by atoms with Crippen LogP contribution in [0.15, 0.2) is 64.1 Å². The summed E-state index contributed by atoms with van der Waals surface area (Å²) in [5, 5.41) is 4.89. The minimum absolute atomic E-state index is 0.116. The average Bonchev–Trinajstić information content (AvgIpc) is 2.98. The first kappa shape index (κ1) is 16.0. The first-order chi connectivity index (χ1) is 11.4. The Kier molecular flexibility index (Phi) is 4.21. The molecule has 1 N–H and O–H groups in total. The number of carbonyl (C=O) groups excluding carboxylic acids is 1. The van der Waals surface area contributed by atoms with Crippen LogP contribution in [0.1, 0.15) is 42.5 Å². The van der Waals surface area contributed by atoms with E-state index < -0.39 is 0 Å². The SMILES string of the molecule is CC(C)(C)c1ccc(/C=N/NC(=O)c2cc3ccccc3o2)cc1. The van der Waals surface area contributed by atoms with Gasteiger partial charge in [-0.15, -0.1) is 0 Å². The highest BCUT2D eigenvalue weighted by atomic mass is 16.3. The largest absolute Gasteiger partial charge is 0.451 e. The van der Waals surface area contributed by atoms with Crippen molar-refractivity contribution in [1.82, 2.24) is 5.43 Å². The maximum absolute atomic E-state index is 12.1. The molecule has 0 aliphatic heterocycles. The number of benzene rings is 2. The number of para-hydroxylation sites is 1. The van der Waals surface area contributed by atoms with Gasteiger partial charge in [-0.1, -0.05) is 63.2 Å². The molecule has 3 rings (SSSR count). The van der Waals surface area contributed by atoms with Crippen molar-refractivity contribution in [1.29, 1.82) is 0 Å². The van der Waals surface area contributed by atoms with Crippen LogP contribution >= 0.6 is 0 Å². The molecule has 3 aromatic rings. The summed E-state index contributed by atoms with van der Waals surface area (Å²) < 4.78 is 5.50. The molecule has 0 spiro atoms. The predicted molar refractivity (Wildman–Crippen MR) is 96.4 cm³/mol. The van der Waals surface area contributed by atoms with Crippen molar-refractivity contribution < 1.29 is 9.21 Å². The summed E-state index contributed by atoms with van der Waals surface area (Å²) in [5.74, 6) is -0.120. The quantitative estimate of drug-likeness (QED) is 0.571. The maximum atomic E-state index is 12.1. The molecule has 0 radical (unpaired) electrons. The van der Waals surface area contributed by atoms with Crippen molar-refractivity contribution in [2.45, 2.75) is 26.2 Å². The van der Waals surface area contributed by atoms with Gasteiger partial charge in [0.1, 0.15) is 5.58 Å². The van der Waals surface area contributed by atoms with Gasteiger partial charge in [-0.3, -0.25) is 4.79 Å². The third-order valence-electron chi connectivity index (χ3n) is 3.81. The van der Waals surface area contributed by atoms with E-state index in [0.717, 1.165) is 10.9 Å². The van der Waals surface area contributed by atoms with Crippen molar-refractivity contribution >= 4 is 23.1 Å². The van der Waals surface area contributed by atoms with Gasteiger partial charge in [-0.2, -0.15) is 5.10 Å². The highest BCUT2D eigenvalue weighted by Crippen LogP contribution is 2.22. The van der Waals surface area contributed by atoms with Gasteiger partial charge in [-0.25, -0.2) is 5.43 Å². The molecule has 4 heteroatoms. The fraction of sp³-hybridized carbons (Fsp3) is 0.200.